The second kappa shape index (κ2) is 5.74. The highest BCUT2D eigenvalue weighted by molar-refractivity contribution is 5.68. The lowest BCUT2D eigenvalue weighted by atomic mass is 10.1. The van der Waals surface area contributed by atoms with Gasteiger partial charge in [0, 0.05) is 5.56 Å². The first-order chi connectivity index (χ1) is 9.08. The molecule has 0 unspecified atom stereocenters. The molecule has 2 rings (SSSR count). The van der Waals surface area contributed by atoms with Crippen molar-refractivity contribution in [2.75, 3.05) is 12.3 Å². The van der Waals surface area contributed by atoms with E-state index in [1.54, 1.807) is 0 Å². The van der Waals surface area contributed by atoms with Crippen molar-refractivity contribution in [3.63, 3.8) is 0 Å². The van der Waals surface area contributed by atoms with Gasteiger partial charge >= 0.3 is 0 Å². The van der Waals surface area contributed by atoms with Crippen LogP contribution in [0.2, 0.25) is 0 Å². The number of nitrogen functional groups attached to an aromatic ring is 1. The topological polar surface area (TPSA) is 48.1 Å². The van der Waals surface area contributed by atoms with Crippen LogP contribution in [0.3, 0.4) is 0 Å². The highest BCUT2D eigenvalue weighted by atomic mass is 16.5. The first kappa shape index (κ1) is 13.4. The van der Waals surface area contributed by atoms with Crippen molar-refractivity contribution in [1.82, 2.24) is 4.98 Å². The summed E-state index contributed by atoms with van der Waals surface area (Å²) in [6, 6.07) is 11.8. The van der Waals surface area contributed by atoms with Crippen LogP contribution >= 0.6 is 0 Å². The minimum Gasteiger partial charge on any atom is -0.493 e. The van der Waals surface area contributed by atoms with Crippen molar-refractivity contribution < 1.29 is 4.74 Å². The Morgan fingerprint density at radius 3 is 2.58 bits per heavy atom. The highest BCUT2D eigenvalue weighted by Gasteiger charge is 2.08. The first-order valence-electron chi connectivity index (χ1n) is 6.53. The van der Waals surface area contributed by atoms with Gasteiger partial charge < -0.3 is 10.5 Å². The van der Waals surface area contributed by atoms with Gasteiger partial charge in [-0.3, -0.25) is 4.98 Å². The average molecular weight is 256 g/mol. The van der Waals surface area contributed by atoms with Crippen LogP contribution < -0.4 is 10.5 Å². The molecule has 0 aliphatic heterocycles. The van der Waals surface area contributed by atoms with Gasteiger partial charge in [0.05, 0.1) is 23.7 Å². The number of aromatic nitrogens is 1. The van der Waals surface area contributed by atoms with E-state index in [1.165, 1.54) is 0 Å². The summed E-state index contributed by atoms with van der Waals surface area (Å²) >= 11 is 0. The van der Waals surface area contributed by atoms with Gasteiger partial charge in [0.1, 0.15) is 5.75 Å². The summed E-state index contributed by atoms with van der Waals surface area (Å²) in [5.41, 5.74) is 9.27. The molecule has 1 heterocycles. The molecule has 3 nitrogen and oxygen atoms in total. The minimum absolute atomic E-state index is 0.495. The number of benzene rings is 1. The third-order valence-electron chi connectivity index (χ3n) is 2.86. The van der Waals surface area contributed by atoms with Gasteiger partial charge in [-0.25, -0.2) is 0 Å². The van der Waals surface area contributed by atoms with Crippen molar-refractivity contribution in [2.45, 2.75) is 20.8 Å². The predicted molar refractivity (Wildman–Crippen MR) is 79.2 cm³/mol. The van der Waals surface area contributed by atoms with E-state index in [-0.39, 0.29) is 0 Å². The molecule has 1 aromatic heterocycles. The Bertz CT molecular complexity index is 564. The van der Waals surface area contributed by atoms with Gasteiger partial charge in [-0.05, 0) is 37.1 Å². The van der Waals surface area contributed by atoms with Crippen LogP contribution in [0.25, 0.3) is 11.3 Å². The fraction of sp³-hybridized carbons (Fsp3) is 0.312. The lowest BCUT2D eigenvalue weighted by Crippen LogP contribution is -2.05. The number of hydrogen-bond acceptors (Lipinski definition) is 3. The zero-order valence-corrected chi connectivity index (χ0v) is 11.7. The highest BCUT2D eigenvalue weighted by Crippen LogP contribution is 2.29. The van der Waals surface area contributed by atoms with Crippen LogP contribution in [0.4, 0.5) is 5.69 Å². The van der Waals surface area contributed by atoms with Crippen LogP contribution in [0.5, 0.6) is 5.75 Å². The Morgan fingerprint density at radius 2 is 1.89 bits per heavy atom. The third-order valence-corrected chi connectivity index (χ3v) is 2.86. The number of rotatable bonds is 4. The summed E-state index contributed by atoms with van der Waals surface area (Å²) in [6.45, 7) is 6.88. The standard InChI is InChI=1S/C16H20N2O/c1-11(2)10-19-16-7-5-4-6-13(16)15-9-8-14(17)12(3)18-15/h4-9,11H,10,17H2,1-3H3. The number of pyridine rings is 1. The van der Waals surface area contributed by atoms with E-state index in [0.29, 0.717) is 18.2 Å². The summed E-state index contributed by atoms with van der Waals surface area (Å²) in [6.07, 6.45) is 0. The second-order valence-corrected chi connectivity index (χ2v) is 5.07. The lowest BCUT2D eigenvalue weighted by molar-refractivity contribution is 0.272. The molecule has 19 heavy (non-hydrogen) atoms. The molecule has 0 bridgehead atoms. The molecule has 100 valence electrons. The normalized spacial score (nSPS) is 10.7. The Hall–Kier alpha value is -2.03. The quantitative estimate of drug-likeness (QED) is 0.907. The van der Waals surface area contributed by atoms with Gasteiger partial charge in [-0.15, -0.1) is 0 Å². The van der Waals surface area contributed by atoms with E-state index in [0.717, 1.165) is 22.7 Å². The molecule has 2 N–H and O–H groups in total. The Kier molecular flexibility index (Phi) is 4.05. The van der Waals surface area contributed by atoms with Crippen molar-refractivity contribution in [1.29, 1.82) is 0 Å². The van der Waals surface area contributed by atoms with Crippen molar-refractivity contribution in [2.24, 2.45) is 5.92 Å². The van der Waals surface area contributed by atoms with E-state index in [1.807, 2.05) is 43.3 Å². The SMILES string of the molecule is Cc1nc(-c2ccccc2OCC(C)C)ccc1N. The molecule has 2 aromatic rings. The fourth-order valence-corrected chi connectivity index (χ4v) is 1.78. The molecule has 3 heteroatoms. The van der Waals surface area contributed by atoms with Gasteiger partial charge in [0.25, 0.3) is 0 Å². The predicted octanol–water partition coefficient (Wildman–Crippen LogP) is 3.67. The Morgan fingerprint density at radius 1 is 1.16 bits per heavy atom. The molecule has 0 radical (unpaired) electrons. The van der Waals surface area contributed by atoms with Gasteiger partial charge in [-0.1, -0.05) is 26.0 Å². The fourth-order valence-electron chi connectivity index (χ4n) is 1.78. The van der Waals surface area contributed by atoms with Gasteiger partial charge in [0.15, 0.2) is 0 Å². The van der Waals surface area contributed by atoms with E-state index in [4.69, 9.17) is 10.5 Å². The lowest BCUT2D eigenvalue weighted by Gasteiger charge is -2.13. The summed E-state index contributed by atoms with van der Waals surface area (Å²) < 4.78 is 5.85. The zero-order valence-electron chi connectivity index (χ0n) is 11.7. The second-order valence-electron chi connectivity index (χ2n) is 5.07. The van der Waals surface area contributed by atoms with Gasteiger partial charge in [-0.2, -0.15) is 0 Å². The molecule has 1 aromatic carbocycles. The van der Waals surface area contributed by atoms with Crippen LogP contribution in [0.15, 0.2) is 36.4 Å². The molecule has 0 aliphatic carbocycles. The molecule has 0 saturated heterocycles. The van der Waals surface area contributed by atoms with Crippen LogP contribution in [0, 0.1) is 12.8 Å². The summed E-state index contributed by atoms with van der Waals surface area (Å²) in [4.78, 5) is 4.53. The van der Waals surface area contributed by atoms with Crippen molar-refractivity contribution in [3.8, 4) is 17.0 Å². The minimum atomic E-state index is 0.495. The maximum Gasteiger partial charge on any atom is 0.128 e. The average Bonchev–Trinajstić information content (AvgIpc) is 2.40. The molecule has 0 amide bonds. The van der Waals surface area contributed by atoms with Gasteiger partial charge in [0.2, 0.25) is 0 Å². The molecule has 0 spiro atoms. The maximum atomic E-state index is 5.85. The number of para-hydroxylation sites is 1. The van der Waals surface area contributed by atoms with Crippen LogP contribution in [-0.4, -0.2) is 11.6 Å². The Labute approximate surface area is 114 Å². The first-order valence-corrected chi connectivity index (χ1v) is 6.53. The van der Waals surface area contributed by atoms with Crippen LogP contribution in [0.1, 0.15) is 19.5 Å². The molecular formula is C16H20N2O. The monoisotopic (exact) mass is 256 g/mol. The molecule has 0 aliphatic rings. The number of nitrogens with two attached hydrogens (primary N) is 1. The molecule has 0 atom stereocenters. The van der Waals surface area contributed by atoms with E-state index in [9.17, 15) is 0 Å². The molecule has 0 saturated carbocycles. The summed E-state index contributed by atoms with van der Waals surface area (Å²) in [7, 11) is 0. The number of anilines is 1. The van der Waals surface area contributed by atoms with Crippen molar-refractivity contribution >= 4 is 5.69 Å². The smallest absolute Gasteiger partial charge is 0.128 e. The third kappa shape index (κ3) is 3.25. The Balaban J connectivity index is 2.35. The largest absolute Gasteiger partial charge is 0.493 e. The summed E-state index contributed by atoms with van der Waals surface area (Å²) in [5.74, 6) is 1.36. The van der Waals surface area contributed by atoms with Crippen LogP contribution in [-0.2, 0) is 0 Å². The number of ether oxygens (including phenoxy) is 1. The zero-order chi connectivity index (χ0) is 13.8. The number of nitrogens with zero attached hydrogens (tertiary/aromatic N) is 1. The molecular weight excluding hydrogens is 236 g/mol. The molecule has 0 fully saturated rings. The van der Waals surface area contributed by atoms with E-state index < -0.39 is 0 Å². The maximum absolute atomic E-state index is 5.85. The summed E-state index contributed by atoms with van der Waals surface area (Å²) in [5, 5.41) is 0. The van der Waals surface area contributed by atoms with E-state index >= 15 is 0 Å². The number of aryl methyl sites for hydroxylation is 1. The number of hydrogen-bond donors (Lipinski definition) is 1. The van der Waals surface area contributed by atoms with Crippen molar-refractivity contribution in [3.05, 3.63) is 42.1 Å². The van der Waals surface area contributed by atoms with E-state index in [2.05, 4.69) is 18.8 Å².